The van der Waals surface area contributed by atoms with Gasteiger partial charge < -0.3 is 4.74 Å². The largest absolute Gasteiger partial charge is 0.379 e. The molecule has 3 heteroatoms. The van der Waals surface area contributed by atoms with Crippen LogP contribution in [0.4, 0.5) is 0 Å². The predicted molar refractivity (Wildman–Crippen MR) is 46.7 cm³/mol. The molecule has 68 valence electrons. The third-order valence-electron chi connectivity index (χ3n) is 2.26. The standard InChI is InChI=1S/C9H16N2O/c1-2-9(7-10)8-11-3-5-12-6-4-11/h9H,2-6,8H2,1H3. The van der Waals surface area contributed by atoms with E-state index >= 15 is 0 Å². The van der Waals surface area contributed by atoms with Crippen LogP contribution in [0.15, 0.2) is 0 Å². The van der Waals surface area contributed by atoms with Crippen LogP contribution in [0.3, 0.4) is 0 Å². The number of ether oxygens (including phenoxy) is 1. The molecule has 0 radical (unpaired) electrons. The monoisotopic (exact) mass is 168 g/mol. The van der Waals surface area contributed by atoms with Crippen molar-refractivity contribution >= 4 is 0 Å². The average molecular weight is 168 g/mol. The summed E-state index contributed by atoms with van der Waals surface area (Å²) in [6.07, 6.45) is 0.952. The topological polar surface area (TPSA) is 36.3 Å². The summed E-state index contributed by atoms with van der Waals surface area (Å²) in [5.74, 6) is 0.197. The number of nitriles is 1. The van der Waals surface area contributed by atoms with E-state index in [-0.39, 0.29) is 5.92 Å². The molecule has 0 aromatic heterocycles. The average Bonchev–Trinajstić information content (AvgIpc) is 2.16. The van der Waals surface area contributed by atoms with Gasteiger partial charge in [-0.05, 0) is 6.42 Å². The van der Waals surface area contributed by atoms with Crippen molar-refractivity contribution in [3.8, 4) is 6.07 Å². The Morgan fingerprint density at radius 3 is 2.67 bits per heavy atom. The van der Waals surface area contributed by atoms with Crippen molar-refractivity contribution in [2.75, 3.05) is 32.8 Å². The highest BCUT2D eigenvalue weighted by molar-refractivity contribution is 4.84. The van der Waals surface area contributed by atoms with Crippen LogP contribution in [-0.2, 0) is 4.74 Å². The summed E-state index contributed by atoms with van der Waals surface area (Å²) in [6.45, 7) is 6.59. The maximum atomic E-state index is 8.75. The van der Waals surface area contributed by atoms with Crippen LogP contribution in [-0.4, -0.2) is 37.7 Å². The highest BCUT2D eigenvalue weighted by Crippen LogP contribution is 2.05. The first-order valence-electron chi connectivity index (χ1n) is 4.56. The lowest BCUT2D eigenvalue weighted by atomic mass is 10.1. The summed E-state index contributed by atoms with van der Waals surface area (Å²) in [6, 6.07) is 2.32. The van der Waals surface area contributed by atoms with Gasteiger partial charge in [0.15, 0.2) is 0 Å². The van der Waals surface area contributed by atoms with E-state index in [9.17, 15) is 0 Å². The third-order valence-corrected chi connectivity index (χ3v) is 2.26. The third kappa shape index (κ3) is 2.80. The maximum Gasteiger partial charge on any atom is 0.0669 e. The lowest BCUT2D eigenvalue weighted by molar-refractivity contribution is 0.0336. The summed E-state index contributed by atoms with van der Waals surface area (Å²) in [4.78, 5) is 2.31. The van der Waals surface area contributed by atoms with Gasteiger partial charge in [0.1, 0.15) is 0 Å². The van der Waals surface area contributed by atoms with Crippen molar-refractivity contribution in [2.45, 2.75) is 13.3 Å². The molecule has 1 fully saturated rings. The molecule has 3 nitrogen and oxygen atoms in total. The Hall–Kier alpha value is -0.590. The Morgan fingerprint density at radius 2 is 2.17 bits per heavy atom. The van der Waals surface area contributed by atoms with Gasteiger partial charge in [-0.25, -0.2) is 0 Å². The molecule has 0 aromatic carbocycles. The second kappa shape index (κ2) is 5.13. The van der Waals surface area contributed by atoms with Gasteiger partial charge in [0.05, 0.1) is 25.2 Å². The fourth-order valence-corrected chi connectivity index (χ4v) is 1.36. The first-order valence-corrected chi connectivity index (χ1v) is 4.56. The molecule has 1 unspecified atom stereocenters. The maximum absolute atomic E-state index is 8.75. The molecular weight excluding hydrogens is 152 g/mol. The first-order chi connectivity index (χ1) is 5.86. The second-order valence-electron chi connectivity index (χ2n) is 3.15. The first kappa shape index (κ1) is 9.50. The van der Waals surface area contributed by atoms with Crippen LogP contribution in [0.1, 0.15) is 13.3 Å². The zero-order valence-electron chi connectivity index (χ0n) is 7.62. The van der Waals surface area contributed by atoms with Crippen molar-refractivity contribution in [1.82, 2.24) is 4.90 Å². The fourth-order valence-electron chi connectivity index (χ4n) is 1.36. The van der Waals surface area contributed by atoms with Gasteiger partial charge >= 0.3 is 0 Å². The summed E-state index contributed by atoms with van der Waals surface area (Å²) in [5.41, 5.74) is 0. The van der Waals surface area contributed by atoms with Crippen molar-refractivity contribution in [1.29, 1.82) is 5.26 Å². The minimum atomic E-state index is 0.197. The van der Waals surface area contributed by atoms with E-state index in [1.54, 1.807) is 0 Å². The smallest absolute Gasteiger partial charge is 0.0669 e. The van der Waals surface area contributed by atoms with Crippen molar-refractivity contribution in [2.24, 2.45) is 5.92 Å². The number of hydrogen-bond donors (Lipinski definition) is 0. The van der Waals surface area contributed by atoms with Crippen LogP contribution in [0.25, 0.3) is 0 Å². The molecule has 1 atom stereocenters. The summed E-state index contributed by atoms with van der Waals surface area (Å²) in [5, 5.41) is 8.75. The zero-order valence-corrected chi connectivity index (χ0v) is 7.62. The number of rotatable bonds is 3. The van der Waals surface area contributed by atoms with E-state index in [1.165, 1.54) is 0 Å². The molecule has 0 aromatic rings. The SMILES string of the molecule is CCC(C#N)CN1CCOCC1. The number of nitrogens with zero attached hydrogens (tertiary/aromatic N) is 2. The molecule has 1 aliphatic heterocycles. The summed E-state index contributed by atoms with van der Waals surface area (Å²) >= 11 is 0. The van der Waals surface area contributed by atoms with Crippen LogP contribution >= 0.6 is 0 Å². The molecule has 1 aliphatic rings. The number of hydrogen-bond acceptors (Lipinski definition) is 3. The molecular formula is C9H16N2O. The molecule has 1 heterocycles. The lowest BCUT2D eigenvalue weighted by Crippen LogP contribution is -2.39. The molecule has 0 bridgehead atoms. The summed E-state index contributed by atoms with van der Waals surface area (Å²) in [7, 11) is 0. The van der Waals surface area contributed by atoms with Gasteiger partial charge in [-0.1, -0.05) is 6.92 Å². The Bertz CT molecular complexity index is 158. The van der Waals surface area contributed by atoms with E-state index in [1.807, 2.05) is 0 Å². The molecule has 1 rings (SSSR count). The predicted octanol–water partition coefficient (Wildman–Crippen LogP) is 0.868. The van der Waals surface area contributed by atoms with E-state index in [4.69, 9.17) is 10.00 Å². The van der Waals surface area contributed by atoms with Crippen LogP contribution < -0.4 is 0 Å². The fraction of sp³-hybridized carbons (Fsp3) is 0.889. The quantitative estimate of drug-likeness (QED) is 0.627. The second-order valence-corrected chi connectivity index (χ2v) is 3.15. The van der Waals surface area contributed by atoms with E-state index < -0.39 is 0 Å². The van der Waals surface area contributed by atoms with Crippen molar-refractivity contribution < 1.29 is 4.74 Å². The Balaban J connectivity index is 2.24. The van der Waals surface area contributed by atoms with Crippen LogP contribution in [0.2, 0.25) is 0 Å². The van der Waals surface area contributed by atoms with Gasteiger partial charge in [-0.3, -0.25) is 4.90 Å². The van der Waals surface area contributed by atoms with Crippen LogP contribution in [0, 0.1) is 17.2 Å². The molecule has 1 saturated heterocycles. The zero-order chi connectivity index (χ0) is 8.81. The molecule has 0 N–H and O–H groups in total. The van der Waals surface area contributed by atoms with Crippen molar-refractivity contribution in [3.05, 3.63) is 0 Å². The molecule has 0 saturated carbocycles. The lowest BCUT2D eigenvalue weighted by Gasteiger charge is -2.27. The highest BCUT2D eigenvalue weighted by Gasteiger charge is 2.14. The van der Waals surface area contributed by atoms with Crippen molar-refractivity contribution in [3.63, 3.8) is 0 Å². The molecule has 0 aliphatic carbocycles. The van der Waals surface area contributed by atoms with Gasteiger partial charge in [0.2, 0.25) is 0 Å². The van der Waals surface area contributed by atoms with Gasteiger partial charge in [0, 0.05) is 19.6 Å². The van der Waals surface area contributed by atoms with Gasteiger partial charge in [-0.2, -0.15) is 5.26 Å². The minimum absolute atomic E-state index is 0.197. The Kier molecular flexibility index (Phi) is 4.06. The van der Waals surface area contributed by atoms with E-state index in [0.717, 1.165) is 39.3 Å². The molecule has 0 spiro atoms. The van der Waals surface area contributed by atoms with Gasteiger partial charge in [-0.15, -0.1) is 0 Å². The number of morpholine rings is 1. The summed E-state index contributed by atoms with van der Waals surface area (Å²) < 4.78 is 5.22. The normalized spacial score (nSPS) is 21.7. The minimum Gasteiger partial charge on any atom is -0.379 e. The Labute approximate surface area is 73.9 Å². The van der Waals surface area contributed by atoms with Crippen LogP contribution in [0.5, 0.6) is 0 Å². The Morgan fingerprint density at radius 1 is 1.50 bits per heavy atom. The van der Waals surface area contributed by atoms with Gasteiger partial charge in [0.25, 0.3) is 0 Å². The molecule has 12 heavy (non-hydrogen) atoms. The molecule has 0 amide bonds. The van der Waals surface area contributed by atoms with E-state index in [0.29, 0.717) is 0 Å². The van der Waals surface area contributed by atoms with E-state index in [2.05, 4.69) is 17.9 Å². The highest BCUT2D eigenvalue weighted by atomic mass is 16.5.